The average Bonchev–Trinajstić information content (AvgIpc) is 2.34. The lowest BCUT2D eigenvalue weighted by Gasteiger charge is -2.39. The van der Waals surface area contributed by atoms with E-state index in [1.54, 1.807) is 0 Å². The highest BCUT2D eigenvalue weighted by Gasteiger charge is 2.90. The largest absolute Gasteiger partial charge is 0.460 e. The van der Waals surface area contributed by atoms with Crippen molar-refractivity contribution in [3.63, 3.8) is 0 Å². The number of thioether (sulfide) groups is 1. The minimum atomic E-state index is -7.85. The third-order valence-electron chi connectivity index (χ3n) is 2.27. The van der Waals surface area contributed by atoms with Gasteiger partial charge < -0.3 is 0 Å². The fourth-order valence-corrected chi connectivity index (χ4v) is 1.89. The lowest BCUT2D eigenvalue weighted by Crippen LogP contribution is -2.69. The second-order valence-electron chi connectivity index (χ2n) is 3.85. The van der Waals surface area contributed by atoms with Gasteiger partial charge in [-0.05, 0) is 0 Å². The van der Waals surface area contributed by atoms with Gasteiger partial charge in [0.15, 0.2) is 0 Å². The minimum absolute atomic E-state index is 0.850. The van der Waals surface area contributed by atoms with Crippen LogP contribution in [-0.4, -0.2) is 46.8 Å². The molecule has 0 unspecified atom stereocenters. The number of halogens is 14. The van der Waals surface area contributed by atoms with Crippen molar-refractivity contribution in [3.05, 3.63) is 0 Å². The van der Waals surface area contributed by atoms with E-state index in [2.05, 4.69) is 0 Å². The van der Waals surface area contributed by atoms with Crippen LogP contribution in [0.2, 0.25) is 0 Å². The molecule has 0 aromatic carbocycles. The minimum Gasteiger partial charge on any atom is -0.192 e. The van der Waals surface area contributed by atoms with Crippen LogP contribution in [0.1, 0.15) is 0 Å². The van der Waals surface area contributed by atoms with Gasteiger partial charge in [-0.25, -0.2) is 0 Å². The number of rotatable bonds is 7. The summed E-state index contributed by atoms with van der Waals surface area (Å²) in [5, 5.41) is -6.10. The van der Waals surface area contributed by atoms with E-state index in [0.29, 0.717) is 0 Å². The van der Waals surface area contributed by atoms with E-state index in [-0.39, 0.29) is 0 Å². The first-order valence-corrected chi connectivity index (χ1v) is 6.49. The highest BCUT2D eigenvalue weighted by atomic mass is 35.5. The molecule has 0 fully saturated rings. The van der Waals surface area contributed by atoms with E-state index >= 15 is 0 Å². The molecule has 0 aliphatic carbocycles. The van der Waals surface area contributed by atoms with Crippen LogP contribution >= 0.6 is 23.4 Å². The molecule has 0 radical (unpaired) electrons. The van der Waals surface area contributed by atoms with E-state index in [1.165, 1.54) is 0 Å². The van der Waals surface area contributed by atoms with E-state index < -0.39 is 58.5 Å². The van der Waals surface area contributed by atoms with Crippen molar-refractivity contribution in [2.75, 3.05) is 11.6 Å². The summed E-state index contributed by atoms with van der Waals surface area (Å²) in [4.78, 5) is 0. The Morgan fingerprint density at radius 2 is 0.913 bits per heavy atom. The zero-order chi connectivity index (χ0) is 19.1. The number of hydrogen-bond donors (Lipinski definition) is 0. The molecule has 0 saturated heterocycles. The van der Waals surface area contributed by atoms with Gasteiger partial charge in [0.1, 0.15) is 0 Å². The van der Waals surface area contributed by atoms with Gasteiger partial charge in [0.2, 0.25) is 0 Å². The molecule has 0 amide bonds. The van der Waals surface area contributed by atoms with Crippen molar-refractivity contribution >= 4 is 23.4 Å². The van der Waals surface area contributed by atoms with Crippen molar-refractivity contribution in [2.45, 2.75) is 35.1 Å². The maximum atomic E-state index is 13.0. The van der Waals surface area contributed by atoms with Crippen molar-refractivity contribution < 1.29 is 57.1 Å². The van der Waals surface area contributed by atoms with Crippen LogP contribution in [0, 0.1) is 0 Å². The Hall–Kier alpha value is -0.270. The Morgan fingerprint density at radius 3 is 1.22 bits per heavy atom. The van der Waals surface area contributed by atoms with Crippen LogP contribution in [0.3, 0.4) is 0 Å². The van der Waals surface area contributed by atoms with Gasteiger partial charge in [0.05, 0.1) is 0 Å². The second-order valence-corrected chi connectivity index (χ2v) is 5.44. The lowest BCUT2D eigenvalue weighted by molar-refractivity contribution is -0.433. The summed E-state index contributed by atoms with van der Waals surface area (Å²) in [5.74, 6) is -32.6. The summed E-state index contributed by atoms with van der Waals surface area (Å²) in [6.45, 7) is 0. The van der Waals surface area contributed by atoms with Crippen LogP contribution in [-0.2, 0) is 0 Å². The summed E-state index contributed by atoms with van der Waals surface area (Å²) >= 11 is 3.38. The van der Waals surface area contributed by atoms with Crippen LogP contribution < -0.4 is 0 Å². The highest BCUT2D eigenvalue weighted by Crippen LogP contribution is 2.61. The Balaban J connectivity index is 6.03. The Bertz CT molecular complexity index is 415. The van der Waals surface area contributed by atoms with Gasteiger partial charge >= 0.3 is 35.1 Å². The lowest BCUT2D eigenvalue weighted by atomic mass is 9.98. The molecule has 0 rings (SSSR count). The van der Waals surface area contributed by atoms with Crippen LogP contribution in [0.25, 0.3) is 0 Å². The fraction of sp³-hybridized carbons (Fsp3) is 1.00. The summed E-state index contributed by atoms with van der Waals surface area (Å²) in [6, 6.07) is 0. The van der Waals surface area contributed by atoms with Gasteiger partial charge in [-0.1, -0.05) is 11.8 Å². The molecule has 140 valence electrons. The molecule has 0 saturated carbocycles. The summed E-state index contributed by atoms with van der Waals surface area (Å²) < 4.78 is 163. The number of alkyl halides is 14. The molecule has 0 aliphatic rings. The molecule has 0 atom stereocenters. The van der Waals surface area contributed by atoms with Gasteiger partial charge in [0.25, 0.3) is 0 Å². The van der Waals surface area contributed by atoms with Crippen molar-refractivity contribution in [3.8, 4) is 0 Å². The number of hydrogen-bond acceptors (Lipinski definition) is 1. The molecule has 0 nitrogen and oxygen atoms in total. The molecule has 0 spiro atoms. The predicted octanol–water partition coefficient (Wildman–Crippen LogP) is 5.65. The second kappa shape index (κ2) is 6.23. The maximum Gasteiger partial charge on any atom is 0.460 e. The van der Waals surface area contributed by atoms with E-state index in [9.17, 15) is 57.1 Å². The van der Waals surface area contributed by atoms with Crippen LogP contribution in [0.15, 0.2) is 0 Å². The molecule has 0 aliphatic heterocycles. The predicted molar refractivity (Wildman–Crippen MR) is 54.0 cm³/mol. The molecule has 0 bridgehead atoms. The van der Waals surface area contributed by atoms with Gasteiger partial charge in [-0.15, -0.1) is 11.6 Å². The topological polar surface area (TPSA) is 0 Å². The maximum absolute atomic E-state index is 13.0. The standard InChI is InChI=1S/C8H4ClF13S/c9-1-2-23-8(21,22)6(16,17)4(12,13)3(10,11)5(14,15)7(18,19)20/h1-2H2. The monoisotopic (exact) mass is 414 g/mol. The molecule has 15 heteroatoms. The third kappa shape index (κ3) is 3.42. The first-order valence-electron chi connectivity index (χ1n) is 4.97. The van der Waals surface area contributed by atoms with Crippen molar-refractivity contribution in [1.82, 2.24) is 0 Å². The van der Waals surface area contributed by atoms with Crippen LogP contribution in [0.4, 0.5) is 57.1 Å². The molecule has 0 heterocycles. The highest BCUT2D eigenvalue weighted by molar-refractivity contribution is 8.00. The third-order valence-corrected chi connectivity index (χ3v) is 3.71. The smallest absolute Gasteiger partial charge is 0.192 e. The van der Waals surface area contributed by atoms with Crippen molar-refractivity contribution in [2.24, 2.45) is 0 Å². The molecular weight excluding hydrogens is 411 g/mol. The first kappa shape index (κ1) is 22.7. The zero-order valence-electron chi connectivity index (χ0n) is 10.1. The fourth-order valence-electron chi connectivity index (χ4n) is 1.01. The summed E-state index contributed by atoms with van der Waals surface area (Å²) in [6.07, 6.45) is -7.39. The average molecular weight is 415 g/mol. The summed E-state index contributed by atoms with van der Waals surface area (Å²) in [5.41, 5.74) is 0. The van der Waals surface area contributed by atoms with E-state index in [1.807, 2.05) is 0 Å². The van der Waals surface area contributed by atoms with Gasteiger partial charge in [-0.3, -0.25) is 0 Å². The van der Waals surface area contributed by atoms with Gasteiger partial charge in [-0.2, -0.15) is 57.1 Å². The molecule has 23 heavy (non-hydrogen) atoms. The molecule has 0 aromatic rings. The van der Waals surface area contributed by atoms with Gasteiger partial charge in [0, 0.05) is 11.6 Å². The Labute approximate surface area is 128 Å². The summed E-state index contributed by atoms with van der Waals surface area (Å²) in [7, 11) is 0. The van der Waals surface area contributed by atoms with E-state index in [4.69, 9.17) is 11.6 Å². The zero-order valence-corrected chi connectivity index (χ0v) is 11.7. The Morgan fingerprint density at radius 1 is 0.565 bits per heavy atom. The molecule has 0 N–H and O–H groups in total. The SMILES string of the molecule is FC(F)(F)C(F)(F)C(F)(F)C(F)(F)C(F)(F)C(F)(F)SCCCl. The molecular formula is C8H4ClF13S. The normalized spacial score (nSPS) is 15.9. The first-order chi connectivity index (χ1) is 9.81. The quantitative estimate of drug-likeness (QED) is 0.383. The molecule has 0 aromatic heterocycles. The van der Waals surface area contributed by atoms with Crippen molar-refractivity contribution in [1.29, 1.82) is 0 Å². The van der Waals surface area contributed by atoms with E-state index in [0.717, 1.165) is 0 Å². The Kier molecular flexibility index (Phi) is 6.15. The van der Waals surface area contributed by atoms with Crippen LogP contribution in [0.5, 0.6) is 0 Å².